The Kier molecular flexibility index (Phi) is 7.42. The van der Waals surface area contributed by atoms with Crippen LogP contribution in [0.1, 0.15) is 0 Å². The summed E-state index contributed by atoms with van der Waals surface area (Å²) in [4.78, 5) is 14.9. The Morgan fingerprint density at radius 3 is 1.57 bits per heavy atom. The lowest BCUT2D eigenvalue weighted by molar-refractivity contribution is 0.666. The first-order valence-electron chi connectivity index (χ1n) is 18.8. The number of aromatic nitrogens is 4. The molecule has 0 amide bonds. The fourth-order valence-electron chi connectivity index (χ4n) is 8.04. The maximum Gasteiger partial charge on any atom is 0.164 e. The highest BCUT2D eigenvalue weighted by Crippen LogP contribution is 2.43. The number of rotatable bonds is 6. The van der Waals surface area contributed by atoms with Crippen LogP contribution in [0.2, 0.25) is 0 Å². The van der Waals surface area contributed by atoms with E-state index in [2.05, 4.69) is 138 Å². The van der Waals surface area contributed by atoms with Crippen molar-refractivity contribution in [2.75, 3.05) is 0 Å². The minimum atomic E-state index is 0.584. The molecule has 5 nitrogen and oxygen atoms in total. The normalized spacial score (nSPS) is 11.6. The molecular weight excluding hydrogens is 685 g/mol. The van der Waals surface area contributed by atoms with Gasteiger partial charge in [-0.15, -0.1) is 0 Å². The fourth-order valence-corrected chi connectivity index (χ4v) is 8.04. The molecule has 3 aromatic heterocycles. The Hall–Kier alpha value is -7.63. The number of fused-ring (bicyclic) bond motifs is 6. The summed E-state index contributed by atoms with van der Waals surface area (Å²) in [6.07, 6.45) is 0. The molecule has 0 fully saturated rings. The van der Waals surface area contributed by atoms with Crippen molar-refractivity contribution in [1.29, 1.82) is 0 Å². The average molecular weight is 717 g/mol. The second kappa shape index (κ2) is 13.0. The molecule has 262 valence electrons. The van der Waals surface area contributed by atoms with E-state index < -0.39 is 0 Å². The van der Waals surface area contributed by atoms with Crippen LogP contribution in [0.5, 0.6) is 0 Å². The number of nitrogens with zero attached hydrogens (tertiary/aromatic N) is 4. The van der Waals surface area contributed by atoms with E-state index in [0.717, 1.165) is 66.5 Å². The molecule has 0 aliphatic rings. The minimum absolute atomic E-state index is 0.584. The van der Waals surface area contributed by atoms with Gasteiger partial charge in [0.15, 0.2) is 23.1 Å². The minimum Gasteiger partial charge on any atom is -0.454 e. The molecule has 11 aromatic rings. The molecular formula is C51H32N4O. The molecule has 0 N–H and O–H groups in total. The molecule has 3 heterocycles. The quantitative estimate of drug-likeness (QED) is 0.172. The van der Waals surface area contributed by atoms with Crippen LogP contribution in [-0.2, 0) is 0 Å². The molecule has 5 heteroatoms. The Balaban J connectivity index is 1.17. The van der Waals surface area contributed by atoms with Crippen LogP contribution in [0.4, 0.5) is 0 Å². The van der Waals surface area contributed by atoms with Crippen molar-refractivity contribution >= 4 is 43.7 Å². The molecule has 0 saturated heterocycles. The molecule has 11 rings (SSSR count). The summed E-state index contributed by atoms with van der Waals surface area (Å²) < 4.78 is 9.39. The van der Waals surface area contributed by atoms with Crippen molar-refractivity contribution in [1.82, 2.24) is 19.5 Å². The van der Waals surface area contributed by atoms with Crippen molar-refractivity contribution in [3.8, 4) is 62.1 Å². The van der Waals surface area contributed by atoms with E-state index in [9.17, 15) is 0 Å². The highest BCUT2D eigenvalue weighted by Gasteiger charge is 2.22. The Morgan fingerprint density at radius 2 is 0.911 bits per heavy atom. The van der Waals surface area contributed by atoms with Crippen LogP contribution in [0.3, 0.4) is 0 Å². The summed E-state index contributed by atoms with van der Waals surface area (Å²) in [5, 5.41) is 4.47. The zero-order valence-electron chi connectivity index (χ0n) is 30.2. The van der Waals surface area contributed by atoms with Gasteiger partial charge in [-0.2, -0.15) is 0 Å². The van der Waals surface area contributed by atoms with Gasteiger partial charge in [0.05, 0.1) is 16.7 Å². The Labute approximate surface area is 322 Å². The molecule has 0 atom stereocenters. The van der Waals surface area contributed by atoms with Crippen molar-refractivity contribution in [3.63, 3.8) is 0 Å². The van der Waals surface area contributed by atoms with E-state index in [4.69, 9.17) is 19.4 Å². The third-order valence-electron chi connectivity index (χ3n) is 10.6. The predicted molar refractivity (Wildman–Crippen MR) is 229 cm³/mol. The van der Waals surface area contributed by atoms with Gasteiger partial charge in [0.2, 0.25) is 0 Å². The zero-order valence-corrected chi connectivity index (χ0v) is 30.2. The van der Waals surface area contributed by atoms with Gasteiger partial charge in [-0.05, 0) is 58.7 Å². The lowest BCUT2D eigenvalue weighted by Crippen LogP contribution is -2.00. The molecule has 56 heavy (non-hydrogen) atoms. The summed E-state index contributed by atoms with van der Waals surface area (Å²) in [6.45, 7) is 0. The van der Waals surface area contributed by atoms with Gasteiger partial charge in [-0.3, -0.25) is 0 Å². The van der Waals surface area contributed by atoms with Crippen LogP contribution in [0, 0.1) is 0 Å². The smallest absolute Gasteiger partial charge is 0.164 e. The third kappa shape index (κ3) is 5.29. The number of benzene rings is 8. The lowest BCUT2D eigenvalue weighted by Gasteiger charge is -2.12. The first-order chi connectivity index (χ1) is 27.8. The largest absolute Gasteiger partial charge is 0.454 e. The summed E-state index contributed by atoms with van der Waals surface area (Å²) in [6, 6.07) is 67.4. The number of hydrogen-bond acceptors (Lipinski definition) is 4. The standard InChI is InChI=1S/C51H32N4O/c1-5-16-33(17-6-1)38-30-42-40-29-28-37(51-53-49(35-20-9-3-10-21-35)52-50(54-51)36-22-11-4-12-23-36)32-46(40)56-48(42)45(31-38)55-43-26-14-13-24-41(43)47-39(25-15-27-44(47)55)34-18-7-2-8-19-34/h1-32H. The molecule has 0 spiro atoms. The molecule has 0 aliphatic carbocycles. The van der Waals surface area contributed by atoms with E-state index >= 15 is 0 Å². The maximum atomic E-state index is 7.01. The van der Waals surface area contributed by atoms with Gasteiger partial charge in [-0.1, -0.05) is 158 Å². The lowest BCUT2D eigenvalue weighted by atomic mass is 9.99. The Morgan fingerprint density at radius 1 is 0.357 bits per heavy atom. The van der Waals surface area contributed by atoms with Gasteiger partial charge >= 0.3 is 0 Å². The summed E-state index contributed by atoms with van der Waals surface area (Å²) in [5.74, 6) is 1.83. The van der Waals surface area contributed by atoms with E-state index in [0.29, 0.717) is 17.5 Å². The second-order valence-electron chi connectivity index (χ2n) is 14.0. The monoisotopic (exact) mass is 716 g/mol. The topological polar surface area (TPSA) is 56.7 Å². The third-order valence-corrected chi connectivity index (χ3v) is 10.6. The van der Waals surface area contributed by atoms with Crippen molar-refractivity contribution < 1.29 is 4.42 Å². The molecule has 0 saturated carbocycles. The molecule has 0 aliphatic heterocycles. The predicted octanol–water partition coefficient (Wildman–Crippen LogP) is 13.2. The number of furan rings is 1. The summed E-state index contributed by atoms with van der Waals surface area (Å²) in [5.41, 5.74) is 12.1. The van der Waals surface area contributed by atoms with Crippen LogP contribution in [0.15, 0.2) is 199 Å². The van der Waals surface area contributed by atoms with E-state index in [-0.39, 0.29) is 0 Å². The zero-order chi connectivity index (χ0) is 37.0. The van der Waals surface area contributed by atoms with Gasteiger partial charge < -0.3 is 8.98 Å². The van der Waals surface area contributed by atoms with Crippen LogP contribution < -0.4 is 0 Å². The van der Waals surface area contributed by atoms with Crippen molar-refractivity contribution in [2.45, 2.75) is 0 Å². The van der Waals surface area contributed by atoms with Gasteiger partial charge in [0.25, 0.3) is 0 Å². The molecule has 0 unspecified atom stereocenters. The number of para-hydroxylation sites is 1. The molecule has 0 bridgehead atoms. The van der Waals surface area contributed by atoms with Crippen LogP contribution >= 0.6 is 0 Å². The van der Waals surface area contributed by atoms with Crippen molar-refractivity contribution in [3.05, 3.63) is 194 Å². The number of hydrogen-bond donors (Lipinski definition) is 0. The molecule has 8 aromatic carbocycles. The van der Waals surface area contributed by atoms with Gasteiger partial charge in [0, 0.05) is 38.2 Å². The highest BCUT2D eigenvalue weighted by molar-refractivity contribution is 6.17. The van der Waals surface area contributed by atoms with Crippen LogP contribution in [0.25, 0.3) is 106 Å². The first kappa shape index (κ1) is 31.9. The van der Waals surface area contributed by atoms with Crippen LogP contribution in [-0.4, -0.2) is 19.5 Å². The average Bonchev–Trinajstić information content (AvgIpc) is 3.83. The van der Waals surface area contributed by atoms with Gasteiger partial charge in [0.1, 0.15) is 5.58 Å². The Bertz CT molecular complexity index is 3170. The summed E-state index contributed by atoms with van der Waals surface area (Å²) >= 11 is 0. The first-order valence-corrected chi connectivity index (χ1v) is 18.8. The summed E-state index contributed by atoms with van der Waals surface area (Å²) in [7, 11) is 0. The van der Waals surface area contributed by atoms with E-state index in [1.54, 1.807) is 0 Å². The van der Waals surface area contributed by atoms with E-state index in [1.165, 1.54) is 21.9 Å². The molecule has 0 radical (unpaired) electrons. The van der Waals surface area contributed by atoms with Crippen molar-refractivity contribution in [2.24, 2.45) is 0 Å². The fraction of sp³-hybridized carbons (Fsp3) is 0. The van der Waals surface area contributed by atoms with Gasteiger partial charge in [-0.25, -0.2) is 15.0 Å². The maximum absolute atomic E-state index is 7.01. The SMILES string of the molecule is c1ccc(-c2cc(-n3c4ccccc4c4c(-c5ccccc5)cccc43)c3oc4cc(-c5nc(-c6ccccc6)nc(-c6ccccc6)n5)ccc4c3c2)cc1. The second-order valence-corrected chi connectivity index (χ2v) is 14.0. The van der Waals surface area contributed by atoms with E-state index in [1.807, 2.05) is 60.7 Å². The highest BCUT2D eigenvalue weighted by atomic mass is 16.3.